The van der Waals surface area contributed by atoms with Gasteiger partial charge in [-0.25, -0.2) is 10.2 Å². The van der Waals surface area contributed by atoms with Gasteiger partial charge in [-0.05, 0) is 50.6 Å². The smallest absolute Gasteiger partial charge is 0.229 e. The fraction of sp³-hybridized carbons (Fsp3) is 0.381. The number of hydrogen-bond donors (Lipinski definition) is 3. The predicted molar refractivity (Wildman–Crippen MR) is 115 cm³/mol. The van der Waals surface area contributed by atoms with Gasteiger partial charge in [0.2, 0.25) is 11.7 Å². The van der Waals surface area contributed by atoms with Crippen molar-refractivity contribution in [3.8, 4) is 11.5 Å². The quantitative estimate of drug-likeness (QED) is 0.239. The average molecular weight is 426 g/mol. The standard InChI is InChI=1S/C21H26N6O4/c28-31-18-5-4-16(14-19(18)29-12-3-11-27-9-1-2-10-27)24-21-22-8-6-20(25-21)23-15-17-7-13-30-26-17/h4-8,13-14,28H,1-3,9-12,15H2,(H2,22,23,24,25). The number of aromatic nitrogens is 3. The lowest BCUT2D eigenvalue weighted by Gasteiger charge is -2.15. The summed E-state index contributed by atoms with van der Waals surface area (Å²) in [4.78, 5) is 15.6. The van der Waals surface area contributed by atoms with E-state index in [2.05, 4.69) is 35.5 Å². The molecule has 1 aliphatic heterocycles. The van der Waals surface area contributed by atoms with Crippen molar-refractivity contribution in [2.75, 3.05) is 36.9 Å². The molecule has 3 N–H and O–H groups in total. The normalized spacial score (nSPS) is 13.8. The van der Waals surface area contributed by atoms with Crippen molar-refractivity contribution < 1.29 is 19.4 Å². The van der Waals surface area contributed by atoms with Crippen LogP contribution in [0.5, 0.6) is 11.5 Å². The molecule has 4 rings (SSSR count). The lowest BCUT2D eigenvalue weighted by Crippen LogP contribution is -2.21. The van der Waals surface area contributed by atoms with Gasteiger partial charge in [-0.3, -0.25) is 0 Å². The van der Waals surface area contributed by atoms with Crippen molar-refractivity contribution in [3.63, 3.8) is 0 Å². The van der Waals surface area contributed by atoms with E-state index < -0.39 is 0 Å². The Bertz CT molecular complexity index is 947. The van der Waals surface area contributed by atoms with Crippen molar-refractivity contribution in [3.05, 3.63) is 48.5 Å². The van der Waals surface area contributed by atoms with E-state index in [1.165, 1.54) is 19.1 Å². The van der Waals surface area contributed by atoms with Crippen LogP contribution in [-0.2, 0) is 6.54 Å². The van der Waals surface area contributed by atoms with Crippen LogP contribution in [0.25, 0.3) is 0 Å². The van der Waals surface area contributed by atoms with Gasteiger partial charge in [-0.1, -0.05) is 5.16 Å². The van der Waals surface area contributed by atoms with E-state index in [9.17, 15) is 0 Å². The highest BCUT2D eigenvalue weighted by Gasteiger charge is 2.12. The number of rotatable bonds is 11. The Morgan fingerprint density at radius 1 is 1.13 bits per heavy atom. The second-order valence-electron chi connectivity index (χ2n) is 7.24. The van der Waals surface area contributed by atoms with E-state index >= 15 is 0 Å². The Kier molecular flexibility index (Phi) is 7.14. The Hall–Kier alpha value is -3.37. The highest BCUT2D eigenvalue weighted by Crippen LogP contribution is 2.31. The molecule has 3 aromatic rings. The highest BCUT2D eigenvalue weighted by molar-refractivity contribution is 5.60. The van der Waals surface area contributed by atoms with E-state index in [0.717, 1.165) is 31.7 Å². The highest BCUT2D eigenvalue weighted by atomic mass is 17.1. The van der Waals surface area contributed by atoms with Crippen molar-refractivity contribution in [2.24, 2.45) is 0 Å². The molecule has 0 spiro atoms. The molecule has 0 unspecified atom stereocenters. The maximum atomic E-state index is 9.15. The molecule has 164 valence electrons. The molecular formula is C21H26N6O4. The third-order valence-electron chi connectivity index (χ3n) is 4.97. The van der Waals surface area contributed by atoms with Gasteiger partial charge in [-0.15, -0.1) is 0 Å². The molecule has 0 amide bonds. The summed E-state index contributed by atoms with van der Waals surface area (Å²) in [5.41, 5.74) is 1.49. The summed E-state index contributed by atoms with van der Waals surface area (Å²) in [6.07, 6.45) is 6.63. The van der Waals surface area contributed by atoms with Crippen LogP contribution >= 0.6 is 0 Å². The van der Waals surface area contributed by atoms with Gasteiger partial charge in [0.05, 0.1) is 13.2 Å². The van der Waals surface area contributed by atoms with Gasteiger partial charge >= 0.3 is 0 Å². The molecule has 0 radical (unpaired) electrons. The van der Waals surface area contributed by atoms with Crippen LogP contribution < -0.4 is 20.3 Å². The van der Waals surface area contributed by atoms with Crippen molar-refractivity contribution >= 4 is 17.5 Å². The fourth-order valence-corrected chi connectivity index (χ4v) is 3.41. The zero-order chi connectivity index (χ0) is 21.3. The van der Waals surface area contributed by atoms with Crippen LogP contribution in [0, 0.1) is 0 Å². The second-order valence-corrected chi connectivity index (χ2v) is 7.24. The summed E-state index contributed by atoms with van der Waals surface area (Å²) in [5.74, 6) is 1.78. The molecule has 1 aromatic carbocycles. The Balaban J connectivity index is 1.34. The number of likely N-dealkylation sites (tertiary alicyclic amines) is 1. The number of benzene rings is 1. The second kappa shape index (κ2) is 10.6. The first-order valence-corrected chi connectivity index (χ1v) is 10.3. The predicted octanol–water partition coefficient (Wildman–Crippen LogP) is 3.54. The number of nitrogens with zero attached hydrogens (tertiary/aromatic N) is 4. The molecule has 31 heavy (non-hydrogen) atoms. The summed E-state index contributed by atoms with van der Waals surface area (Å²) in [6, 6.07) is 8.68. The van der Waals surface area contributed by atoms with E-state index in [4.69, 9.17) is 14.5 Å². The summed E-state index contributed by atoms with van der Waals surface area (Å²) >= 11 is 0. The van der Waals surface area contributed by atoms with Crippen LogP contribution in [0.4, 0.5) is 17.5 Å². The molecule has 1 saturated heterocycles. The monoisotopic (exact) mass is 426 g/mol. The molecular weight excluding hydrogens is 400 g/mol. The molecule has 10 nitrogen and oxygen atoms in total. The third kappa shape index (κ3) is 6.06. The van der Waals surface area contributed by atoms with Gasteiger partial charge < -0.3 is 29.7 Å². The fourth-order valence-electron chi connectivity index (χ4n) is 3.41. The molecule has 0 saturated carbocycles. The summed E-state index contributed by atoms with van der Waals surface area (Å²) in [7, 11) is 0. The van der Waals surface area contributed by atoms with Gasteiger partial charge in [0.1, 0.15) is 17.8 Å². The van der Waals surface area contributed by atoms with Crippen LogP contribution in [0.1, 0.15) is 25.0 Å². The maximum Gasteiger partial charge on any atom is 0.229 e. The zero-order valence-corrected chi connectivity index (χ0v) is 17.2. The molecule has 0 atom stereocenters. The minimum Gasteiger partial charge on any atom is -0.489 e. The minimum absolute atomic E-state index is 0.260. The lowest BCUT2D eigenvalue weighted by molar-refractivity contribution is -0.139. The Morgan fingerprint density at radius 3 is 2.84 bits per heavy atom. The molecule has 0 bridgehead atoms. The zero-order valence-electron chi connectivity index (χ0n) is 17.2. The number of ether oxygens (including phenoxy) is 1. The lowest BCUT2D eigenvalue weighted by atomic mass is 10.2. The largest absolute Gasteiger partial charge is 0.489 e. The van der Waals surface area contributed by atoms with Gasteiger partial charge in [0.15, 0.2) is 5.75 Å². The topological polar surface area (TPSA) is 118 Å². The van der Waals surface area contributed by atoms with E-state index in [1.807, 2.05) is 0 Å². The first-order chi connectivity index (χ1) is 15.3. The van der Waals surface area contributed by atoms with Crippen LogP contribution in [0.15, 0.2) is 47.3 Å². The summed E-state index contributed by atoms with van der Waals surface area (Å²) < 4.78 is 10.7. The maximum absolute atomic E-state index is 9.15. The molecule has 2 aromatic heterocycles. The summed E-state index contributed by atoms with van der Waals surface area (Å²) in [5, 5.41) is 19.3. The van der Waals surface area contributed by atoms with Crippen molar-refractivity contribution in [2.45, 2.75) is 25.8 Å². The van der Waals surface area contributed by atoms with Gasteiger partial charge in [0.25, 0.3) is 0 Å². The van der Waals surface area contributed by atoms with E-state index in [0.29, 0.717) is 36.4 Å². The molecule has 1 aliphatic rings. The summed E-state index contributed by atoms with van der Waals surface area (Å²) in [6.45, 7) is 4.36. The number of hydrogen-bond acceptors (Lipinski definition) is 10. The first-order valence-electron chi connectivity index (χ1n) is 10.3. The van der Waals surface area contributed by atoms with Crippen LogP contribution in [-0.4, -0.2) is 51.5 Å². The Morgan fingerprint density at radius 2 is 2.03 bits per heavy atom. The SMILES string of the molecule is OOc1ccc(Nc2nccc(NCc3ccon3)n2)cc1OCCCN1CCCC1. The Labute approximate surface area is 180 Å². The minimum atomic E-state index is 0.260. The number of anilines is 3. The first kappa shape index (κ1) is 20.9. The molecule has 3 heterocycles. The van der Waals surface area contributed by atoms with Crippen molar-refractivity contribution in [1.82, 2.24) is 20.0 Å². The molecule has 10 heteroatoms. The van der Waals surface area contributed by atoms with Gasteiger partial charge in [0, 0.05) is 30.6 Å². The van der Waals surface area contributed by atoms with Crippen molar-refractivity contribution in [1.29, 1.82) is 0 Å². The van der Waals surface area contributed by atoms with Gasteiger partial charge in [-0.2, -0.15) is 4.98 Å². The third-order valence-corrected chi connectivity index (χ3v) is 4.97. The van der Waals surface area contributed by atoms with E-state index in [-0.39, 0.29) is 5.75 Å². The van der Waals surface area contributed by atoms with E-state index in [1.54, 1.807) is 36.5 Å². The van der Waals surface area contributed by atoms with Crippen LogP contribution in [0.2, 0.25) is 0 Å². The average Bonchev–Trinajstić information content (AvgIpc) is 3.50. The number of nitrogens with one attached hydrogen (secondary N) is 2. The van der Waals surface area contributed by atoms with Crippen LogP contribution in [0.3, 0.4) is 0 Å². The molecule has 1 fully saturated rings. The molecule has 0 aliphatic carbocycles.